The van der Waals surface area contributed by atoms with E-state index in [-0.39, 0.29) is 5.56 Å². The molecule has 0 radical (unpaired) electrons. The van der Waals surface area contributed by atoms with Crippen LogP contribution in [0.15, 0.2) is 47.4 Å². The Labute approximate surface area is 142 Å². The van der Waals surface area contributed by atoms with Gasteiger partial charge in [0.25, 0.3) is 11.5 Å². The van der Waals surface area contributed by atoms with Crippen molar-refractivity contribution in [3.05, 3.63) is 64.3 Å². The Balaban J connectivity index is 1.55. The summed E-state index contributed by atoms with van der Waals surface area (Å²) in [5.74, 6) is 1.13. The average molecular weight is 337 g/mol. The lowest BCUT2D eigenvalue weighted by Crippen LogP contribution is -2.22. The number of aromatic nitrogens is 4. The van der Waals surface area contributed by atoms with Gasteiger partial charge in [-0.25, -0.2) is 0 Å². The highest BCUT2D eigenvalue weighted by Gasteiger charge is 2.17. The molecule has 8 heteroatoms. The molecule has 1 aliphatic rings. The summed E-state index contributed by atoms with van der Waals surface area (Å²) in [5.41, 5.74) is 1.14. The van der Waals surface area contributed by atoms with Crippen molar-refractivity contribution in [3.8, 4) is 11.4 Å². The van der Waals surface area contributed by atoms with Crippen LogP contribution < -0.4 is 10.9 Å². The minimum Gasteiger partial charge on any atom is -0.372 e. The summed E-state index contributed by atoms with van der Waals surface area (Å²) in [7, 11) is 0. The summed E-state index contributed by atoms with van der Waals surface area (Å²) in [6, 6.07) is 10.3. The summed E-state index contributed by atoms with van der Waals surface area (Å²) in [6.07, 6.45) is 1.48. The first-order chi connectivity index (χ1) is 12.2. The molecule has 1 aliphatic heterocycles. The molecule has 3 heterocycles. The highest BCUT2D eigenvalue weighted by atomic mass is 16.5. The van der Waals surface area contributed by atoms with E-state index >= 15 is 0 Å². The normalized spacial score (nSPS) is 13.3. The number of anilines is 1. The second-order valence-corrected chi connectivity index (χ2v) is 5.59. The number of fused-ring (bicyclic) bond motifs is 1. The monoisotopic (exact) mass is 337 g/mol. The molecule has 2 N–H and O–H groups in total. The number of aromatic amines is 1. The van der Waals surface area contributed by atoms with E-state index in [1.54, 1.807) is 18.2 Å². The predicted octanol–water partition coefficient (Wildman–Crippen LogP) is 1.42. The molecule has 3 aromatic rings. The molecule has 0 unspecified atom stereocenters. The number of rotatable bonds is 3. The largest absolute Gasteiger partial charge is 0.372 e. The molecule has 4 rings (SSSR count). The van der Waals surface area contributed by atoms with Crippen LogP contribution in [0.3, 0.4) is 0 Å². The van der Waals surface area contributed by atoms with Crippen molar-refractivity contribution in [2.75, 3.05) is 11.9 Å². The lowest BCUT2D eigenvalue weighted by atomic mass is 10.2. The number of H-pyrrole nitrogens is 1. The van der Waals surface area contributed by atoms with Gasteiger partial charge in [0.2, 0.25) is 0 Å². The lowest BCUT2D eigenvalue weighted by Gasteiger charge is -2.15. The maximum Gasteiger partial charge on any atom is 0.261 e. The van der Waals surface area contributed by atoms with E-state index in [4.69, 9.17) is 4.74 Å². The first kappa shape index (κ1) is 15.3. The quantitative estimate of drug-likeness (QED) is 0.752. The van der Waals surface area contributed by atoms with Crippen LogP contribution in [0, 0.1) is 0 Å². The van der Waals surface area contributed by atoms with Gasteiger partial charge >= 0.3 is 0 Å². The van der Waals surface area contributed by atoms with Gasteiger partial charge in [-0.1, -0.05) is 0 Å². The Morgan fingerprint density at radius 1 is 1.20 bits per heavy atom. The molecule has 0 spiro atoms. The third-order valence-electron chi connectivity index (χ3n) is 3.98. The maximum atomic E-state index is 12.2. The van der Waals surface area contributed by atoms with E-state index in [0.717, 1.165) is 17.2 Å². The number of carbonyl (C=O) groups is 1. The Bertz CT molecular complexity index is 974. The molecule has 1 aromatic carbocycles. The van der Waals surface area contributed by atoms with Gasteiger partial charge in [0.05, 0.1) is 6.61 Å². The molecule has 0 saturated carbocycles. The number of nitrogens with one attached hydrogen (secondary N) is 2. The fraction of sp³-hybridized carbons (Fsp3) is 0.176. The molecule has 8 nitrogen and oxygen atoms in total. The number of pyridine rings is 1. The molecule has 0 saturated heterocycles. The number of ether oxygens (including phenoxy) is 1. The second-order valence-electron chi connectivity index (χ2n) is 5.59. The third-order valence-corrected chi connectivity index (χ3v) is 3.98. The van der Waals surface area contributed by atoms with Crippen LogP contribution in [0.2, 0.25) is 0 Å². The number of hydrogen-bond acceptors (Lipinski definition) is 5. The van der Waals surface area contributed by atoms with E-state index in [9.17, 15) is 9.59 Å². The highest BCUT2D eigenvalue weighted by Crippen LogP contribution is 2.22. The van der Waals surface area contributed by atoms with Crippen molar-refractivity contribution in [3.63, 3.8) is 0 Å². The van der Waals surface area contributed by atoms with Crippen LogP contribution in [0.5, 0.6) is 0 Å². The molecular formula is C17H15N5O3. The van der Waals surface area contributed by atoms with Crippen LogP contribution in [0.25, 0.3) is 11.4 Å². The van der Waals surface area contributed by atoms with Crippen molar-refractivity contribution < 1.29 is 9.53 Å². The van der Waals surface area contributed by atoms with E-state index in [0.29, 0.717) is 25.4 Å². The summed E-state index contributed by atoms with van der Waals surface area (Å²) in [4.78, 5) is 26.3. The molecule has 1 amide bonds. The fourth-order valence-corrected chi connectivity index (χ4v) is 2.71. The van der Waals surface area contributed by atoms with Crippen LogP contribution in [-0.2, 0) is 17.9 Å². The number of hydrogen-bond donors (Lipinski definition) is 2. The SMILES string of the molecule is O=C(Nc1ccc(-c2nnc3n2CCOC3)cc1)c1ccc[nH]c1=O. The summed E-state index contributed by atoms with van der Waals surface area (Å²) in [5, 5.41) is 11.1. The summed E-state index contributed by atoms with van der Waals surface area (Å²) < 4.78 is 7.39. The maximum absolute atomic E-state index is 12.2. The Morgan fingerprint density at radius 2 is 2.04 bits per heavy atom. The zero-order valence-corrected chi connectivity index (χ0v) is 13.2. The molecule has 25 heavy (non-hydrogen) atoms. The Hall–Kier alpha value is -3.26. The van der Waals surface area contributed by atoms with Crippen LogP contribution in [0.1, 0.15) is 16.2 Å². The van der Waals surface area contributed by atoms with Gasteiger partial charge in [-0.2, -0.15) is 0 Å². The fourth-order valence-electron chi connectivity index (χ4n) is 2.71. The lowest BCUT2D eigenvalue weighted by molar-refractivity contribution is 0.0821. The van der Waals surface area contributed by atoms with Crippen molar-refractivity contribution in [2.45, 2.75) is 13.2 Å². The average Bonchev–Trinajstić information content (AvgIpc) is 3.07. The topological polar surface area (TPSA) is 102 Å². The predicted molar refractivity (Wildman–Crippen MR) is 90.1 cm³/mol. The molecule has 0 aliphatic carbocycles. The van der Waals surface area contributed by atoms with Crippen molar-refractivity contribution in [1.29, 1.82) is 0 Å². The zero-order valence-electron chi connectivity index (χ0n) is 13.2. The Morgan fingerprint density at radius 3 is 2.84 bits per heavy atom. The zero-order chi connectivity index (χ0) is 17.2. The first-order valence-corrected chi connectivity index (χ1v) is 7.82. The first-order valence-electron chi connectivity index (χ1n) is 7.82. The third kappa shape index (κ3) is 2.94. The number of benzene rings is 1. The van der Waals surface area contributed by atoms with Gasteiger partial charge in [-0.15, -0.1) is 10.2 Å². The molecule has 126 valence electrons. The van der Waals surface area contributed by atoms with Gasteiger partial charge in [0.1, 0.15) is 12.2 Å². The van der Waals surface area contributed by atoms with Gasteiger partial charge in [0.15, 0.2) is 11.6 Å². The second kappa shape index (κ2) is 6.33. The smallest absolute Gasteiger partial charge is 0.261 e. The molecule has 2 aromatic heterocycles. The highest BCUT2D eigenvalue weighted by molar-refractivity contribution is 6.04. The van der Waals surface area contributed by atoms with Crippen molar-refractivity contribution in [2.24, 2.45) is 0 Å². The number of amides is 1. The molecular weight excluding hydrogens is 322 g/mol. The minimum atomic E-state index is -0.452. The number of nitrogens with zero attached hydrogens (tertiary/aromatic N) is 3. The van der Waals surface area contributed by atoms with Crippen LogP contribution >= 0.6 is 0 Å². The minimum absolute atomic E-state index is 0.0677. The molecule has 0 atom stereocenters. The van der Waals surface area contributed by atoms with E-state index in [1.807, 2.05) is 16.7 Å². The van der Waals surface area contributed by atoms with Gasteiger partial charge < -0.3 is 19.6 Å². The van der Waals surface area contributed by atoms with E-state index in [1.165, 1.54) is 12.3 Å². The van der Waals surface area contributed by atoms with Crippen molar-refractivity contribution >= 4 is 11.6 Å². The van der Waals surface area contributed by atoms with E-state index in [2.05, 4.69) is 20.5 Å². The van der Waals surface area contributed by atoms with E-state index < -0.39 is 11.5 Å². The number of carbonyl (C=O) groups excluding carboxylic acids is 1. The van der Waals surface area contributed by atoms with Crippen LogP contribution in [-0.4, -0.2) is 32.3 Å². The summed E-state index contributed by atoms with van der Waals surface area (Å²) >= 11 is 0. The van der Waals surface area contributed by atoms with Gasteiger partial charge in [0, 0.05) is 24.0 Å². The summed E-state index contributed by atoms with van der Waals surface area (Å²) in [6.45, 7) is 1.82. The van der Waals surface area contributed by atoms with Crippen molar-refractivity contribution in [1.82, 2.24) is 19.7 Å². The molecule has 0 fully saturated rings. The van der Waals surface area contributed by atoms with Gasteiger partial charge in [-0.05, 0) is 36.4 Å². The van der Waals surface area contributed by atoms with Crippen LogP contribution in [0.4, 0.5) is 5.69 Å². The molecule has 0 bridgehead atoms. The van der Waals surface area contributed by atoms with Gasteiger partial charge in [-0.3, -0.25) is 9.59 Å². The Kier molecular flexibility index (Phi) is 3.87. The standard InChI is InChI=1S/C17H15N5O3/c23-16-13(2-1-7-18-16)17(24)19-12-5-3-11(4-6-12)15-21-20-14-10-25-9-8-22(14)15/h1-7H,8-10H2,(H,18,23)(H,19,24).